The van der Waals surface area contributed by atoms with Crippen LogP contribution in [0, 0.1) is 19.3 Å². The second kappa shape index (κ2) is 25.4. The SMILES string of the molecule is COc1cc(CCN(C)CCCCCOc2cc(-c3scnc3C)ccc2[C@H](C)NC(=O)[C@@H]2C[C@@H](O)CN2C(O)[C@@H](NC(C)=O)C(C)(C)C)c(C)cc1Nc1ncc(Cl)c(Nc2ccccc2S(=O)(=O)C(C)C)n1. The summed E-state index contributed by atoms with van der Waals surface area (Å²) in [5.41, 5.74) is 7.22. The number of aliphatic hydroxyl groups is 2. The summed E-state index contributed by atoms with van der Waals surface area (Å²) in [6.45, 7) is 18.6. The van der Waals surface area contributed by atoms with Crippen LogP contribution in [0.2, 0.25) is 5.02 Å². The number of halogens is 1. The topological polar surface area (TPSA) is 220 Å². The predicted molar refractivity (Wildman–Crippen MR) is 294 cm³/mol. The molecule has 0 spiro atoms. The molecule has 74 heavy (non-hydrogen) atoms. The van der Waals surface area contributed by atoms with E-state index in [2.05, 4.69) is 55.1 Å². The van der Waals surface area contributed by atoms with Gasteiger partial charge in [-0.2, -0.15) is 4.98 Å². The number of aliphatic hydroxyl groups excluding tert-OH is 2. The maximum Gasteiger partial charge on any atom is 0.238 e. The molecule has 6 N–H and O–H groups in total. The molecule has 6 rings (SSSR count). The predicted octanol–water partition coefficient (Wildman–Crippen LogP) is 8.75. The smallest absolute Gasteiger partial charge is 0.238 e. The van der Waals surface area contributed by atoms with E-state index in [4.69, 9.17) is 21.1 Å². The molecule has 0 radical (unpaired) electrons. The van der Waals surface area contributed by atoms with Crippen LogP contribution in [-0.2, 0) is 25.8 Å². The van der Waals surface area contributed by atoms with Crippen molar-refractivity contribution in [3.8, 4) is 21.9 Å². The van der Waals surface area contributed by atoms with Gasteiger partial charge in [-0.05, 0) is 133 Å². The van der Waals surface area contributed by atoms with Crippen LogP contribution in [0.25, 0.3) is 10.4 Å². The molecule has 1 unspecified atom stereocenters. The molecule has 3 aromatic carbocycles. The number of aromatic nitrogens is 3. The van der Waals surface area contributed by atoms with Gasteiger partial charge in [-0.15, -0.1) is 11.3 Å². The van der Waals surface area contributed by atoms with Crippen LogP contribution >= 0.6 is 22.9 Å². The molecule has 17 nitrogen and oxygen atoms in total. The van der Waals surface area contributed by atoms with Crippen molar-refractivity contribution in [2.75, 3.05) is 51.0 Å². The van der Waals surface area contributed by atoms with Crippen molar-refractivity contribution in [1.29, 1.82) is 0 Å². The van der Waals surface area contributed by atoms with Crippen LogP contribution in [0.5, 0.6) is 11.5 Å². The molecule has 1 aliphatic rings. The molecule has 402 valence electrons. The molecule has 0 saturated carbocycles. The van der Waals surface area contributed by atoms with Gasteiger partial charge in [0.05, 0.1) is 81.7 Å². The van der Waals surface area contributed by atoms with Gasteiger partial charge in [0.1, 0.15) is 22.7 Å². The van der Waals surface area contributed by atoms with Gasteiger partial charge in [0, 0.05) is 25.6 Å². The molecule has 1 aliphatic heterocycles. The first kappa shape index (κ1) is 57.9. The van der Waals surface area contributed by atoms with E-state index in [1.165, 1.54) is 13.1 Å². The number of sulfone groups is 1. The molecular formula is C54H74ClN9O8S2. The highest BCUT2D eigenvalue weighted by Crippen LogP contribution is 2.37. The van der Waals surface area contributed by atoms with Gasteiger partial charge in [-0.3, -0.25) is 14.5 Å². The van der Waals surface area contributed by atoms with E-state index in [0.717, 1.165) is 71.6 Å². The van der Waals surface area contributed by atoms with E-state index >= 15 is 0 Å². The van der Waals surface area contributed by atoms with E-state index in [1.54, 1.807) is 61.5 Å². The third-order valence-corrected chi connectivity index (χ3v) is 16.8. The lowest BCUT2D eigenvalue weighted by atomic mass is 9.85. The number of rotatable bonds is 24. The fraction of sp³-hybridized carbons (Fsp3) is 0.500. The first-order chi connectivity index (χ1) is 35.0. The molecule has 0 bridgehead atoms. The Morgan fingerprint density at radius 2 is 1.72 bits per heavy atom. The highest BCUT2D eigenvalue weighted by Gasteiger charge is 2.45. The third kappa shape index (κ3) is 14.7. The monoisotopic (exact) mass is 1080 g/mol. The number of carbonyl (C=O) groups is 2. The van der Waals surface area contributed by atoms with Crippen LogP contribution in [0.4, 0.5) is 23.1 Å². The number of nitrogens with zero attached hydrogens (tertiary/aromatic N) is 5. The van der Waals surface area contributed by atoms with E-state index in [1.807, 2.05) is 70.5 Å². The molecule has 5 aromatic rings. The van der Waals surface area contributed by atoms with Crippen molar-refractivity contribution in [1.82, 2.24) is 35.4 Å². The number of ether oxygens (including phenoxy) is 2. The minimum Gasteiger partial charge on any atom is -0.495 e. The second-order valence-corrected chi connectivity index (χ2v) is 24.2. The van der Waals surface area contributed by atoms with Gasteiger partial charge in [0.2, 0.25) is 17.8 Å². The number of benzene rings is 3. The zero-order chi connectivity index (χ0) is 54.1. The summed E-state index contributed by atoms with van der Waals surface area (Å²) in [5.74, 6) is 1.15. The Kier molecular flexibility index (Phi) is 19.9. The Hall–Kier alpha value is -5.41. The lowest BCUT2D eigenvalue weighted by Crippen LogP contribution is -2.60. The summed E-state index contributed by atoms with van der Waals surface area (Å²) in [6, 6.07) is 14.7. The molecule has 3 heterocycles. The fourth-order valence-electron chi connectivity index (χ4n) is 9.03. The van der Waals surface area contributed by atoms with E-state index in [0.29, 0.717) is 29.5 Å². The van der Waals surface area contributed by atoms with Crippen molar-refractivity contribution in [3.05, 3.63) is 93.7 Å². The summed E-state index contributed by atoms with van der Waals surface area (Å²) >= 11 is 8.05. The van der Waals surface area contributed by atoms with Gasteiger partial charge in [0.25, 0.3) is 0 Å². The minimum atomic E-state index is -3.58. The van der Waals surface area contributed by atoms with Gasteiger partial charge < -0.3 is 45.9 Å². The number of anilines is 4. The van der Waals surface area contributed by atoms with Gasteiger partial charge in [-0.25, -0.2) is 18.4 Å². The highest BCUT2D eigenvalue weighted by atomic mass is 35.5. The number of β-amino-alcohol motifs (C(OH)–C–C–N with tert-alkyl or cyclic N) is 1. The zero-order valence-corrected chi connectivity index (χ0v) is 46.8. The van der Waals surface area contributed by atoms with E-state index in [-0.39, 0.29) is 46.5 Å². The van der Waals surface area contributed by atoms with Gasteiger partial charge in [-0.1, -0.05) is 56.6 Å². The number of hydrogen-bond acceptors (Lipinski definition) is 16. The number of hydrogen-bond donors (Lipinski definition) is 6. The van der Waals surface area contributed by atoms with Crippen molar-refractivity contribution >= 4 is 67.7 Å². The quantitative estimate of drug-likeness (QED) is 0.0318. The number of likely N-dealkylation sites (N-methyl/N-ethyl adjacent to an activating group) is 1. The Morgan fingerprint density at radius 3 is 2.39 bits per heavy atom. The largest absolute Gasteiger partial charge is 0.495 e. The number of unbranched alkanes of at least 4 members (excludes halogenated alkanes) is 2. The molecule has 2 aromatic heterocycles. The number of carbonyl (C=O) groups excluding carboxylic acids is 2. The Labute approximate surface area is 445 Å². The minimum absolute atomic E-state index is 0.0914. The lowest BCUT2D eigenvalue weighted by molar-refractivity contribution is -0.134. The maximum absolute atomic E-state index is 14.0. The number of methoxy groups -OCH3 is 1. The maximum atomic E-state index is 14.0. The molecule has 1 saturated heterocycles. The Balaban J connectivity index is 1.03. The standard InChI is InChI=1S/C54H74ClN9O8S2/c1-32(2)74(69,70)47-18-14-13-17-42(47)60-50-41(55)29-56-53(62-50)61-43-25-33(3)37(26-46(43)71-11)21-23-63(10)22-15-12-16-24-72-45-27-38(48-35(5)57-31-73-48)19-20-40(45)34(4)58-51(67)44-28-39(66)30-64(44)52(68)49(54(7,8)9)59-36(6)65/h13-14,17-20,25-27,29,31-32,34,39,44,49,52,66,68H,12,15-16,21-24,28,30H2,1-11H3,(H,58,67)(H,59,65)(H2,56,60,61,62)/t34-,39+,44-,49+,52?/m0/s1. The number of amides is 2. The van der Waals surface area contributed by atoms with Crippen molar-refractivity contribution in [2.24, 2.45) is 5.41 Å². The van der Waals surface area contributed by atoms with Crippen molar-refractivity contribution < 1.29 is 37.7 Å². The summed E-state index contributed by atoms with van der Waals surface area (Å²) in [7, 11) is 0.144. The van der Waals surface area contributed by atoms with Crippen LogP contribution in [-0.4, -0.2) is 125 Å². The number of nitrogens with one attached hydrogen (secondary N) is 4. The van der Waals surface area contributed by atoms with Crippen LogP contribution in [0.15, 0.2) is 71.2 Å². The average molecular weight is 1080 g/mol. The number of likely N-dealkylation sites (tertiary alicyclic amines) is 1. The summed E-state index contributed by atoms with van der Waals surface area (Å²) < 4.78 is 38.5. The molecule has 2 amide bonds. The number of para-hydroxylation sites is 1. The third-order valence-electron chi connectivity index (χ3n) is 13.3. The molecule has 20 heteroatoms. The Morgan fingerprint density at radius 1 is 0.973 bits per heavy atom. The second-order valence-electron chi connectivity index (χ2n) is 20.5. The fourth-order valence-corrected chi connectivity index (χ4v) is 11.2. The number of thiazole rings is 1. The normalized spacial score (nSPS) is 16.5. The molecular weight excluding hydrogens is 1000 g/mol. The Bertz CT molecular complexity index is 2840. The van der Waals surface area contributed by atoms with Crippen molar-refractivity contribution in [2.45, 2.75) is 135 Å². The summed E-state index contributed by atoms with van der Waals surface area (Å²) in [5, 5.41) is 34.2. The summed E-state index contributed by atoms with van der Waals surface area (Å²) in [6.07, 6.45) is 3.11. The van der Waals surface area contributed by atoms with Crippen LogP contribution in [0.3, 0.4) is 0 Å². The van der Waals surface area contributed by atoms with E-state index in [9.17, 15) is 28.2 Å². The summed E-state index contributed by atoms with van der Waals surface area (Å²) in [4.78, 5) is 44.6. The van der Waals surface area contributed by atoms with E-state index < -0.39 is 51.0 Å². The molecule has 1 fully saturated rings. The first-order valence-corrected chi connectivity index (χ1v) is 27.9. The van der Waals surface area contributed by atoms with Gasteiger partial charge >= 0.3 is 0 Å². The van der Waals surface area contributed by atoms with Crippen molar-refractivity contribution in [3.63, 3.8) is 0 Å². The molecule has 5 atom stereocenters. The first-order valence-electron chi connectivity index (χ1n) is 25.1. The van der Waals surface area contributed by atoms with Gasteiger partial charge in [0.15, 0.2) is 15.7 Å². The lowest BCUT2D eigenvalue weighted by Gasteiger charge is -2.40. The highest BCUT2D eigenvalue weighted by molar-refractivity contribution is 7.92. The number of aryl methyl sites for hydroxylation is 2. The van der Waals surface area contributed by atoms with Crippen LogP contribution in [0.1, 0.15) is 103 Å². The molecule has 0 aliphatic carbocycles. The average Bonchev–Trinajstić information content (AvgIpc) is 3.97. The van der Waals surface area contributed by atoms with Crippen LogP contribution < -0.4 is 30.7 Å². The zero-order valence-electron chi connectivity index (χ0n) is 44.5.